The minimum atomic E-state index is -0.919. The molecule has 0 spiro atoms. The summed E-state index contributed by atoms with van der Waals surface area (Å²) in [6.07, 6.45) is 2.25. The number of benzene rings is 2. The van der Waals surface area contributed by atoms with E-state index in [-0.39, 0.29) is 18.3 Å². The quantitative estimate of drug-likeness (QED) is 0.636. The molecule has 0 saturated carbocycles. The highest BCUT2D eigenvalue weighted by Gasteiger charge is 2.51. The Balaban J connectivity index is 2.21. The van der Waals surface area contributed by atoms with Gasteiger partial charge < -0.3 is 9.47 Å². The summed E-state index contributed by atoms with van der Waals surface area (Å²) < 4.78 is 11.4. The first-order valence-electron chi connectivity index (χ1n) is 8.95. The molecule has 0 fully saturated rings. The molecule has 0 aliphatic carbocycles. The minimum Gasteiger partial charge on any atom is -0.460 e. The fourth-order valence-electron chi connectivity index (χ4n) is 3.64. The first kappa shape index (κ1) is 19.4. The van der Waals surface area contributed by atoms with Crippen LogP contribution in [0.4, 0.5) is 0 Å². The van der Waals surface area contributed by atoms with Crippen LogP contribution >= 0.6 is 15.9 Å². The van der Waals surface area contributed by atoms with Crippen LogP contribution in [0.5, 0.6) is 0 Å². The molecule has 1 aliphatic heterocycles. The topological polar surface area (TPSA) is 52.6 Å². The molecule has 0 amide bonds. The van der Waals surface area contributed by atoms with Crippen LogP contribution < -0.4 is 0 Å². The van der Waals surface area contributed by atoms with Gasteiger partial charge in [-0.25, -0.2) is 4.79 Å². The number of esters is 2. The summed E-state index contributed by atoms with van der Waals surface area (Å²) in [5, 5.41) is 0. The van der Waals surface area contributed by atoms with Gasteiger partial charge in [-0.3, -0.25) is 4.79 Å². The number of carbonyl (C=O) groups is 2. The van der Waals surface area contributed by atoms with Crippen molar-refractivity contribution in [3.63, 3.8) is 0 Å². The Hall–Kier alpha value is -2.40. The molecule has 2 aromatic carbocycles. The van der Waals surface area contributed by atoms with Crippen molar-refractivity contribution in [2.24, 2.45) is 0 Å². The molecule has 1 heterocycles. The molecule has 0 aromatic heterocycles. The summed E-state index contributed by atoms with van der Waals surface area (Å²) in [5.74, 6) is -1.47. The zero-order valence-electron chi connectivity index (χ0n) is 15.3. The third kappa shape index (κ3) is 3.56. The number of rotatable bonds is 5. The predicted molar refractivity (Wildman–Crippen MR) is 106 cm³/mol. The Morgan fingerprint density at radius 3 is 2.52 bits per heavy atom. The number of hydrogen-bond donors (Lipinski definition) is 0. The van der Waals surface area contributed by atoms with E-state index in [4.69, 9.17) is 9.47 Å². The number of ether oxygens (including phenoxy) is 2. The van der Waals surface area contributed by atoms with Crippen LogP contribution in [0.15, 0.2) is 70.9 Å². The average molecular weight is 429 g/mol. The van der Waals surface area contributed by atoms with E-state index in [0.29, 0.717) is 6.42 Å². The molecule has 27 heavy (non-hydrogen) atoms. The van der Waals surface area contributed by atoms with Crippen LogP contribution in [-0.2, 0) is 24.5 Å². The summed E-state index contributed by atoms with van der Waals surface area (Å²) in [6, 6.07) is 17.4. The molecule has 1 aliphatic rings. The van der Waals surface area contributed by atoms with Crippen molar-refractivity contribution in [3.05, 3.63) is 82.0 Å². The zero-order valence-corrected chi connectivity index (χ0v) is 16.9. The number of hydrogen-bond acceptors (Lipinski definition) is 4. The molecule has 2 aromatic rings. The molecule has 3 rings (SSSR count). The van der Waals surface area contributed by atoms with Gasteiger partial charge in [0.2, 0.25) is 5.76 Å². The van der Waals surface area contributed by atoms with Crippen molar-refractivity contribution < 1.29 is 19.1 Å². The molecular formula is C22H21BrO4. The molecular weight excluding hydrogens is 408 g/mol. The number of halogens is 1. The van der Waals surface area contributed by atoms with Crippen LogP contribution in [0.2, 0.25) is 0 Å². The first-order valence-corrected chi connectivity index (χ1v) is 9.74. The molecule has 0 N–H and O–H groups in total. The average Bonchev–Trinajstić information content (AvgIpc) is 2.68. The fourth-order valence-corrected chi connectivity index (χ4v) is 4.06. The Morgan fingerprint density at radius 2 is 1.89 bits per heavy atom. The van der Waals surface area contributed by atoms with Crippen molar-refractivity contribution in [2.75, 3.05) is 6.61 Å². The maximum absolute atomic E-state index is 13.3. The summed E-state index contributed by atoms with van der Waals surface area (Å²) in [5.41, 5.74) is 0.869. The maximum Gasteiger partial charge on any atom is 0.374 e. The molecule has 140 valence electrons. The molecule has 0 saturated heterocycles. The van der Waals surface area contributed by atoms with Gasteiger partial charge in [-0.1, -0.05) is 65.3 Å². The summed E-state index contributed by atoms with van der Waals surface area (Å²) in [7, 11) is 0. The maximum atomic E-state index is 13.3. The second kappa shape index (κ2) is 8.09. The van der Waals surface area contributed by atoms with Gasteiger partial charge in [-0.05, 0) is 42.7 Å². The first-order chi connectivity index (χ1) is 13.0. The second-order valence-electron chi connectivity index (χ2n) is 6.36. The van der Waals surface area contributed by atoms with E-state index in [2.05, 4.69) is 15.9 Å². The van der Waals surface area contributed by atoms with E-state index in [0.717, 1.165) is 15.6 Å². The van der Waals surface area contributed by atoms with Crippen LogP contribution in [0.25, 0.3) is 0 Å². The molecule has 0 radical (unpaired) electrons. The van der Waals surface area contributed by atoms with Crippen LogP contribution in [0.3, 0.4) is 0 Å². The van der Waals surface area contributed by atoms with Crippen molar-refractivity contribution in [2.45, 2.75) is 31.6 Å². The normalized spacial score (nSPS) is 22.0. The van der Waals surface area contributed by atoms with Gasteiger partial charge in [-0.2, -0.15) is 0 Å². The van der Waals surface area contributed by atoms with Gasteiger partial charge in [0.1, 0.15) is 5.41 Å². The standard InChI is InChI=1S/C22H21BrO4/c1-3-22(16-10-6-5-7-11-16)18(15-9-8-12-17(23)13-15)14-19(27-21(22)25)20(24)26-4-2/h5-14,18H,3-4H2,1-2H3/t18-,22-/m0/s1. The molecule has 5 heteroatoms. The SMILES string of the molecule is CCOC(=O)C1=C[C@@H](c2cccc(Br)c2)[C@](CC)(c2ccccc2)C(=O)O1. The van der Waals surface area contributed by atoms with Crippen LogP contribution in [-0.4, -0.2) is 18.5 Å². The molecule has 0 bridgehead atoms. The minimum absolute atomic E-state index is 0.0492. The van der Waals surface area contributed by atoms with Crippen LogP contribution in [0.1, 0.15) is 37.3 Å². The monoisotopic (exact) mass is 428 g/mol. The van der Waals surface area contributed by atoms with Gasteiger partial charge in [-0.15, -0.1) is 0 Å². The number of cyclic esters (lactones) is 1. The molecule has 0 unspecified atom stereocenters. The summed E-state index contributed by atoms with van der Waals surface area (Å²) in [4.78, 5) is 25.5. The lowest BCUT2D eigenvalue weighted by Crippen LogP contribution is -2.45. The van der Waals surface area contributed by atoms with E-state index >= 15 is 0 Å². The number of carbonyl (C=O) groups excluding carboxylic acids is 2. The highest BCUT2D eigenvalue weighted by atomic mass is 79.9. The third-order valence-corrected chi connectivity index (χ3v) is 5.44. The van der Waals surface area contributed by atoms with Crippen molar-refractivity contribution in [1.29, 1.82) is 0 Å². The van der Waals surface area contributed by atoms with Gasteiger partial charge in [0, 0.05) is 10.4 Å². The Labute approximate surface area is 167 Å². The lowest BCUT2D eigenvalue weighted by Gasteiger charge is -2.40. The second-order valence-corrected chi connectivity index (χ2v) is 7.28. The van der Waals surface area contributed by atoms with Crippen molar-refractivity contribution in [3.8, 4) is 0 Å². The summed E-state index contributed by atoms with van der Waals surface area (Å²) >= 11 is 3.50. The van der Waals surface area contributed by atoms with E-state index in [1.165, 1.54) is 0 Å². The highest BCUT2D eigenvalue weighted by molar-refractivity contribution is 9.10. The molecule has 4 nitrogen and oxygen atoms in total. The predicted octanol–water partition coefficient (Wildman–Crippen LogP) is 4.88. The lowest BCUT2D eigenvalue weighted by atomic mass is 9.64. The number of allylic oxidation sites excluding steroid dienone is 1. The zero-order chi connectivity index (χ0) is 19.4. The van der Waals surface area contributed by atoms with Crippen molar-refractivity contribution in [1.82, 2.24) is 0 Å². The third-order valence-electron chi connectivity index (χ3n) is 4.95. The summed E-state index contributed by atoms with van der Waals surface area (Å²) in [6.45, 7) is 3.89. The highest BCUT2D eigenvalue weighted by Crippen LogP contribution is 2.47. The smallest absolute Gasteiger partial charge is 0.374 e. The van der Waals surface area contributed by atoms with E-state index < -0.39 is 17.4 Å². The lowest BCUT2D eigenvalue weighted by molar-refractivity contribution is -0.157. The molecule has 2 atom stereocenters. The largest absolute Gasteiger partial charge is 0.460 e. The van der Waals surface area contributed by atoms with E-state index in [1.54, 1.807) is 13.0 Å². The Bertz CT molecular complexity index is 875. The van der Waals surface area contributed by atoms with Gasteiger partial charge >= 0.3 is 11.9 Å². The fraction of sp³-hybridized carbons (Fsp3) is 0.273. The van der Waals surface area contributed by atoms with Gasteiger partial charge in [0.05, 0.1) is 6.61 Å². The van der Waals surface area contributed by atoms with Gasteiger partial charge in [0.25, 0.3) is 0 Å². The Morgan fingerprint density at radius 1 is 1.15 bits per heavy atom. The van der Waals surface area contributed by atoms with E-state index in [9.17, 15) is 9.59 Å². The van der Waals surface area contributed by atoms with Crippen LogP contribution in [0, 0.1) is 0 Å². The van der Waals surface area contributed by atoms with Gasteiger partial charge in [0.15, 0.2) is 0 Å². The van der Waals surface area contributed by atoms with Crippen molar-refractivity contribution >= 4 is 27.9 Å². The van der Waals surface area contributed by atoms with E-state index in [1.807, 2.05) is 61.5 Å². The Kier molecular flexibility index (Phi) is 5.80.